The van der Waals surface area contributed by atoms with Crippen molar-refractivity contribution in [2.24, 2.45) is 0 Å². The van der Waals surface area contributed by atoms with Crippen molar-refractivity contribution in [2.45, 2.75) is 13.5 Å². The molecule has 0 saturated carbocycles. The summed E-state index contributed by atoms with van der Waals surface area (Å²) in [6, 6.07) is 11.7. The van der Waals surface area contributed by atoms with Crippen molar-refractivity contribution < 1.29 is 4.74 Å². The normalized spacial score (nSPS) is 10.2. The first-order chi connectivity index (χ1) is 9.24. The quantitative estimate of drug-likeness (QED) is 0.837. The summed E-state index contributed by atoms with van der Waals surface area (Å²) >= 11 is 0. The molecule has 0 saturated heterocycles. The number of aromatic nitrogens is 1. The zero-order valence-electron chi connectivity index (χ0n) is 11.3. The van der Waals surface area contributed by atoms with Gasteiger partial charge in [-0.25, -0.2) is 0 Å². The van der Waals surface area contributed by atoms with Gasteiger partial charge in [-0.3, -0.25) is 4.98 Å². The van der Waals surface area contributed by atoms with Crippen LogP contribution in [0.4, 0.5) is 11.4 Å². The average Bonchev–Trinajstić information content (AvgIpc) is 2.46. The van der Waals surface area contributed by atoms with Crippen LogP contribution in [0.2, 0.25) is 0 Å². The second kappa shape index (κ2) is 6.09. The second-order valence-electron chi connectivity index (χ2n) is 4.26. The number of anilines is 2. The lowest BCUT2D eigenvalue weighted by atomic mass is 10.2. The van der Waals surface area contributed by atoms with E-state index >= 15 is 0 Å². The van der Waals surface area contributed by atoms with Crippen molar-refractivity contribution in [1.82, 2.24) is 4.98 Å². The molecule has 0 spiro atoms. The van der Waals surface area contributed by atoms with E-state index in [-0.39, 0.29) is 0 Å². The van der Waals surface area contributed by atoms with E-state index in [0.29, 0.717) is 0 Å². The maximum atomic E-state index is 6.08. The topological polar surface area (TPSA) is 51.4 Å². The van der Waals surface area contributed by atoms with Gasteiger partial charge in [0.05, 0.1) is 30.7 Å². The predicted molar refractivity (Wildman–Crippen MR) is 78.4 cm³/mol. The Morgan fingerprint density at radius 2 is 2.11 bits per heavy atom. The van der Waals surface area contributed by atoms with E-state index in [1.807, 2.05) is 36.4 Å². The molecule has 0 aliphatic carbocycles. The van der Waals surface area contributed by atoms with Gasteiger partial charge in [0.1, 0.15) is 5.75 Å². The number of pyridine rings is 1. The third-order valence-electron chi connectivity index (χ3n) is 3.04. The van der Waals surface area contributed by atoms with Gasteiger partial charge in [-0.15, -0.1) is 0 Å². The zero-order chi connectivity index (χ0) is 13.7. The molecule has 1 aromatic carbocycles. The standard InChI is InChI=1S/C15H19N3O/c1-3-18(11-12-6-4-5-9-17-12)15-8-7-13(19-2)10-14(15)16/h4-10H,3,11,16H2,1-2H3. The summed E-state index contributed by atoms with van der Waals surface area (Å²) in [5.41, 5.74) is 8.84. The van der Waals surface area contributed by atoms with Gasteiger partial charge in [0.2, 0.25) is 0 Å². The fourth-order valence-electron chi connectivity index (χ4n) is 2.00. The molecule has 100 valence electrons. The number of nitrogens with zero attached hydrogens (tertiary/aromatic N) is 2. The third kappa shape index (κ3) is 3.16. The summed E-state index contributed by atoms with van der Waals surface area (Å²) < 4.78 is 5.17. The number of nitrogen functional groups attached to an aromatic ring is 1. The molecule has 0 unspecified atom stereocenters. The molecule has 0 aliphatic rings. The molecular formula is C15H19N3O. The first-order valence-corrected chi connectivity index (χ1v) is 6.33. The van der Waals surface area contributed by atoms with E-state index < -0.39 is 0 Å². The van der Waals surface area contributed by atoms with E-state index in [2.05, 4.69) is 16.8 Å². The largest absolute Gasteiger partial charge is 0.497 e. The highest BCUT2D eigenvalue weighted by atomic mass is 16.5. The van der Waals surface area contributed by atoms with Crippen LogP contribution in [0.15, 0.2) is 42.6 Å². The fraction of sp³-hybridized carbons (Fsp3) is 0.267. The van der Waals surface area contributed by atoms with Crippen LogP contribution in [0.3, 0.4) is 0 Å². The van der Waals surface area contributed by atoms with Crippen molar-refractivity contribution in [1.29, 1.82) is 0 Å². The molecule has 0 fully saturated rings. The van der Waals surface area contributed by atoms with E-state index in [4.69, 9.17) is 10.5 Å². The van der Waals surface area contributed by atoms with Crippen molar-refractivity contribution in [3.63, 3.8) is 0 Å². The predicted octanol–water partition coefficient (Wildman–Crippen LogP) is 2.70. The molecule has 0 atom stereocenters. The Kier molecular flexibility index (Phi) is 4.23. The Balaban J connectivity index is 2.22. The van der Waals surface area contributed by atoms with Crippen molar-refractivity contribution >= 4 is 11.4 Å². The lowest BCUT2D eigenvalue weighted by Gasteiger charge is -2.24. The van der Waals surface area contributed by atoms with Gasteiger partial charge in [0.15, 0.2) is 0 Å². The molecule has 0 amide bonds. The first-order valence-electron chi connectivity index (χ1n) is 6.33. The number of methoxy groups -OCH3 is 1. The molecule has 19 heavy (non-hydrogen) atoms. The summed E-state index contributed by atoms with van der Waals surface area (Å²) in [6.45, 7) is 3.72. The van der Waals surface area contributed by atoms with Crippen LogP contribution >= 0.6 is 0 Å². The Hall–Kier alpha value is -2.23. The maximum absolute atomic E-state index is 6.08. The molecule has 2 rings (SSSR count). The molecule has 4 nitrogen and oxygen atoms in total. The van der Waals surface area contributed by atoms with Gasteiger partial charge in [0, 0.05) is 18.8 Å². The Labute approximate surface area is 113 Å². The average molecular weight is 257 g/mol. The van der Waals surface area contributed by atoms with Crippen molar-refractivity contribution in [3.8, 4) is 5.75 Å². The number of ether oxygens (including phenoxy) is 1. The number of rotatable bonds is 5. The van der Waals surface area contributed by atoms with Crippen LogP contribution in [0.1, 0.15) is 12.6 Å². The molecule has 1 heterocycles. The van der Waals surface area contributed by atoms with Crippen molar-refractivity contribution in [3.05, 3.63) is 48.3 Å². The molecule has 1 aromatic heterocycles. The minimum absolute atomic E-state index is 0.720. The fourth-order valence-corrected chi connectivity index (χ4v) is 2.00. The van der Waals surface area contributed by atoms with Crippen LogP contribution < -0.4 is 15.4 Å². The highest BCUT2D eigenvalue weighted by Crippen LogP contribution is 2.28. The lowest BCUT2D eigenvalue weighted by Crippen LogP contribution is -2.23. The van der Waals surface area contributed by atoms with Gasteiger partial charge in [-0.1, -0.05) is 6.07 Å². The minimum atomic E-state index is 0.720. The third-order valence-corrected chi connectivity index (χ3v) is 3.04. The maximum Gasteiger partial charge on any atom is 0.121 e. The summed E-state index contributed by atoms with van der Waals surface area (Å²) in [5.74, 6) is 0.773. The number of nitrogens with two attached hydrogens (primary N) is 1. The molecule has 0 aliphatic heterocycles. The highest BCUT2D eigenvalue weighted by molar-refractivity contribution is 5.69. The van der Waals surface area contributed by atoms with E-state index in [0.717, 1.165) is 35.9 Å². The summed E-state index contributed by atoms with van der Waals surface area (Å²) in [7, 11) is 1.64. The highest BCUT2D eigenvalue weighted by Gasteiger charge is 2.10. The molecule has 4 heteroatoms. The van der Waals surface area contributed by atoms with Gasteiger partial charge in [0.25, 0.3) is 0 Å². The molecular weight excluding hydrogens is 238 g/mol. The molecule has 0 radical (unpaired) electrons. The minimum Gasteiger partial charge on any atom is -0.497 e. The Bertz CT molecular complexity index is 528. The smallest absolute Gasteiger partial charge is 0.121 e. The number of benzene rings is 1. The number of hydrogen-bond acceptors (Lipinski definition) is 4. The van der Waals surface area contributed by atoms with E-state index in [1.54, 1.807) is 13.3 Å². The Morgan fingerprint density at radius 1 is 1.26 bits per heavy atom. The Morgan fingerprint density at radius 3 is 2.68 bits per heavy atom. The van der Waals surface area contributed by atoms with Crippen LogP contribution in [0.5, 0.6) is 5.75 Å². The van der Waals surface area contributed by atoms with Crippen LogP contribution in [0, 0.1) is 0 Å². The van der Waals surface area contributed by atoms with E-state index in [9.17, 15) is 0 Å². The molecule has 2 aromatic rings. The van der Waals surface area contributed by atoms with Crippen LogP contribution in [0.25, 0.3) is 0 Å². The van der Waals surface area contributed by atoms with Crippen LogP contribution in [-0.2, 0) is 6.54 Å². The van der Waals surface area contributed by atoms with Gasteiger partial charge in [-0.2, -0.15) is 0 Å². The summed E-state index contributed by atoms with van der Waals surface area (Å²) in [6.07, 6.45) is 1.81. The van der Waals surface area contributed by atoms with Gasteiger partial charge < -0.3 is 15.4 Å². The van der Waals surface area contributed by atoms with Gasteiger partial charge in [-0.05, 0) is 31.2 Å². The monoisotopic (exact) mass is 257 g/mol. The first kappa shape index (κ1) is 13.2. The van der Waals surface area contributed by atoms with Crippen molar-refractivity contribution in [2.75, 3.05) is 24.3 Å². The van der Waals surface area contributed by atoms with Crippen LogP contribution in [-0.4, -0.2) is 18.6 Å². The second-order valence-corrected chi connectivity index (χ2v) is 4.26. The summed E-state index contributed by atoms with van der Waals surface area (Å²) in [5, 5.41) is 0. The molecule has 2 N–H and O–H groups in total. The SMILES string of the molecule is CCN(Cc1ccccn1)c1ccc(OC)cc1N. The molecule has 0 bridgehead atoms. The zero-order valence-corrected chi connectivity index (χ0v) is 11.3. The van der Waals surface area contributed by atoms with E-state index in [1.165, 1.54) is 0 Å². The number of hydrogen-bond donors (Lipinski definition) is 1. The van der Waals surface area contributed by atoms with Gasteiger partial charge >= 0.3 is 0 Å². The lowest BCUT2D eigenvalue weighted by molar-refractivity contribution is 0.415. The summed E-state index contributed by atoms with van der Waals surface area (Å²) in [4.78, 5) is 6.54.